The Bertz CT molecular complexity index is 1310. The summed E-state index contributed by atoms with van der Waals surface area (Å²) < 4.78 is 37.9. The van der Waals surface area contributed by atoms with Crippen LogP contribution in [0.5, 0.6) is 0 Å². The maximum Gasteiger partial charge on any atom is 0.338 e. The lowest BCUT2D eigenvalue weighted by atomic mass is 9.70. The van der Waals surface area contributed by atoms with Crippen LogP contribution < -0.4 is 21.3 Å². The fraction of sp³-hybridized carbons (Fsp3) is 0.407. The van der Waals surface area contributed by atoms with Crippen molar-refractivity contribution in [2.45, 2.75) is 24.5 Å². The molecule has 3 unspecified atom stereocenters. The van der Waals surface area contributed by atoms with E-state index in [9.17, 15) is 28.4 Å². The number of imide groups is 1. The summed E-state index contributed by atoms with van der Waals surface area (Å²) in [4.78, 5) is 39.9. The Hall–Kier alpha value is -4.12. The van der Waals surface area contributed by atoms with Crippen molar-refractivity contribution in [3.63, 3.8) is 0 Å². The first-order valence-corrected chi connectivity index (χ1v) is 12.6. The van der Waals surface area contributed by atoms with Crippen LogP contribution in [0, 0.1) is 28.4 Å². The molecule has 0 aromatic heterocycles. The lowest BCUT2D eigenvalue weighted by molar-refractivity contribution is -0.137. The number of carbonyl (C=O) groups excluding carboxylic acids is 3. The van der Waals surface area contributed by atoms with Gasteiger partial charge in [0.2, 0.25) is 0 Å². The molecule has 2 heterocycles. The summed E-state index contributed by atoms with van der Waals surface area (Å²) in [5, 5.41) is 21.5. The third kappa shape index (κ3) is 5.60. The number of hydrogen-bond donors (Lipinski definition) is 4. The summed E-state index contributed by atoms with van der Waals surface area (Å²) in [5.41, 5.74) is -0.825. The first-order chi connectivity index (χ1) is 19.3. The molecule has 1 aromatic carbocycles. The summed E-state index contributed by atoms with van der Waals surface area (Å²) in [7, 11) is 2.46. The Kier molecular flexibility index (Phi) is 8.93. The van der Waals surface area contributed by atoms with Crippen LogP contribution in [0.15, 0.2) is 53.8 Å². The normalized spacial score (nSPS) is 25.6. The van der Waals surface area contributed by atoms with Crippen LogP contribution in [0.25, 0.3) is 0 Å². The van der Waals surface area contributed by atoms with Gasteiger partial charge in [0, 0.05) is 38.8 Å². The van der Waals surface area contributed by atoms with E-state index in [-0.39, 0.29) is 42.1 Å². The fourth-order valence-electron chi connectivity index (χ4n) is 5.10. The highest BCUT2D eigenvalue weighted by Gasteiger charge is 2.46. The van der Waals surface area contributed by atoms with Crippen LogP contribution in [0.2, 0.25) is 0 Å². The number of halogens is 2. The van der Waals surface area contributed by atoms with Crippen LogP contribution in [0.4, 0.5) is 18.4 Å². The number of nitrogens with one attached hydrogen (secondary N) is 4. The van der Waals surface area contributed by atoms with Crippen LogP contribution in [0.3, 0.4) is 0 Å². The minimum Gasteiger partial charge on any atom is -0.466 e. The summed E-state index contributed by atoms with van der Waals surface area (Å²) >= 11 is 0. The summed E-state index contributed by atoms with van der Waals surface area (Å²) in [6, 6.07) is 1.92. The van der Waals surface area contributed by atoms with E-state index in [0.717, 1.165) is 24.1 Å². The molecule has 2 aliphatic heterocycles. The zero-order valence-electron chi connectivity index (χ0n) is 22.0. The zero-order chi connectivity index (χ0) is 28.9. The molecule has 4 amide bonds. The zero-order valence-corrected chi connectivity index (χ0v) is 22.0. The number of nitriles is 1. The molecular weight excluding hydrogens is 526 g/mol. The number of carbonyl (C=O) groups is 3. The van der Waals surface area contributed by atoms with Gasteiger partial charge in [0.05, 0.1) is 36.5 Å². The molecule has 40 heavy (non-hydrogen) atoms. The van der Waals surface area contributed by atoms with Crippen LogP contribution >= 0.6 is 0 Å². The SMILES string of the molecule is COCC1=C(C(=O)OC)[C@H](c2ccc(F)c(F)c2)N(C(=O)NCCNC2CNC2C2(C#N)C=CC=CC2)C(=O)N1. The number of rotatable bonds is 9. The molecular formula is C27H30F2N6O5. The molecule has 4 N–H and O–H groups in total. The number of amides is 4. The standard InChI is InChI=1S/C27H30F2N6O5/c1-39-14-20-21(24(36)40-2)22(16-6-7-17(28)18(29)12-16)35(26(38)34-20)25(37)32-11-10-31-19-13-33-23(19)27(15-30)8-4-3-5-9-27/h3-8,12,19,22-23,31,33H,9-11,13-14H2,1-2H3,(H,32,37)(H,34,38)/t19?,22-,23?,27?/m0/s1. The number of ether oxygens (including phenoxy) is 2. The van der Waals surface area contributed by atoms with Crippen molar-refractivity contribution in [3.8, 4) is 6.07 Å². The highest BCUT2D eigenvalue weighted by atomic mass is 19.2. The Balaban J connectivity index is 1.49. The van der Waals surface area contributed by atoms with Gasteiger partial charge in [0.15, 0.2) is 11.6 Å². The smallest absolute Gasteiger partial charge is 0.338 e. The van der Waals surface area contributed by atoms with Crippen molar-refractivity contribution in [1.29, 1.82) is 5.26 Å². The van der Waals surface area contributed by atoms with E-state index in [1.165, 1.54) is 13.2 Å². The van der Waals surface area contributed by atoms with E-state index < -0.39 is 41.1 Å². The predicted octanol–water partition coefficient (Wildman–Crippen LogP) is 1.77. The van der Waals surface area contributed by atoms with Gasteiger partial charge >= 0.3 is 18.0 Å². The van der Waals surface area contributed by atoms with Crippen LogP contribution in [0.1, 0.15) is 18.0 Å². The van der Waals surface area contributed by atoms with Crippen molar-refractivity contribution in [2.24, 2.45) is 5.41 Å². The third-order valence-corrected chi connectivity index (χ3v) is 7.13. The van der Waals surface area contributed by atoms with E-state index in [0.29, 0.717) is 19.5 Å². The molecule has 0 bridgehead atoms. The van der Waals surface area contributed by atoms with Crippen LogP contribution in [-0.2, 0) is 14.3 Å². The van der Waals surface area contributed by atoms with Gasteiger partial charge in [-0.15, -0.1) is 0 Å². The monoisotopic (exact) mass is 556 g/mol. The Morgan fingerprint density at radius 3 is 2.62 bits per heavy atom. The molecule has 1 aliphatic carbocycles. The van der Waals surface area contributed by atoms with E-state index in [1.54, 1.807) is 0 Å². The van der Waals surface area contributed by atoms with Gasteiger partial charge in [-0.1, -0.05) is 30.4 Å². The number of benzene rings is 1. The highest BCUT2D eigenvalue weighted by Crippen LogP contribution is 2.36. The van der Waals surface area contributed by atoms with E-state index in [2.05, 4.69) is 27.3 Å². The van der Waals surface area contributed by atoms with Gasteiger partial charge < -0.3 is 30.7 Å². The Morgan fingerprint density at radius 2 is 2.02 bits per heavy atom. The van der Waals surface area contributed by atoms with Gasteiger partial charge in [-0.05, 0) is 24.1 Å². The van der Waals surface area contributed by atoms with E-state index in [1.807, 2.05) is 24.3 Å². The number of urea groups is 2. The fourth-order valence-corrected chi connectivity index (χ4v) is 5.10. The van der Waals surface area contributed by atoms with Crippen LogP contribution in [-0.4, -0.2) is 75.5 Å². The topological polar surface area (TPSA) is 145 Å². The molecule has 4 atom stereocenters. The second-order valence-electron chi connectivity index (χ2n) is 9.52. The number of allylic oxidation sites excluding steroid dienone is 3. The van der Waals surface area contributed by atoms with Gasteiger partial charge in [-0.2, -0.15) is 5.26 Å². The third-order valence-electron chi connectivity index (χ3n) is 7.13. The highest BCUT2D eigenvalue weighted by molar-refractivity contribution is 6.01. The average Bonchev–Trinajstić information content (AvgIpc) is 2.93. The number of hydrogen-bond acceptors (Lipinski definition) is 8. The quantitative estimate of drug-likeness (QED) is 0.266. The molecule has 0 saturated carbocycles. The lowest BCUT2D eigenvalue weighted by Crippen LogP contribution is -2.70. The van der Waals surface area contributed by atoms with Gasteiger partial charge in [-0.3, -0.25) is 0 Å². The first-order valence-electron chi connectivity index (χ1n) is 12.6. The molecule has 1 aromatic rings. The first kappa shape index (κ1) is 28.9. The van der Waals surface area contributed by atoms with Crippen molar-refractivity contribution >= 4 is 18.0 Å². The molecule has 13 heteroatoms. The summed E-state index contributed by atoms with van der Waals surface area (Å²) in [6.45, 7) is 0.840. The maximum atomic E-state index is 14.2. The van der Waals surface area contributed by atoms with E-state index in [4.69, 9.17) is 9.47 Å². The summed E-state index contributed by atoms with van der Waals surface area (Å²) in [6.07, 6.45) is 8.17. The number of esters is 1. The summed E-state index contributed by atoms with van der Waals surface area (Å²) in [5.74, 6) is -3.23. The van der Waals surface area contributed by atoms with Crippen molar-refractivity contribution in [1.82, 2.24) is 26.2 Å². The average molecular weight is 557 g/mol. The Morgan fingerprint density at radius 1 is 1.23 bits per heavy atom. The van der Waals surface area contributed by atoms with Crippen molar-refractivity contribution in [3.05, 3.63) is 71.0 Å². The number of nitrogens with zero attached hydrogens (tertiary/aromatic N) is 2. The molecule has 3 aliphatic rings. The Labute approximate surface area is 229 Å². The van der Waals surface area contributed by atoms with Crippen molar-refractivity contribution in [2.75, 3.05) is 40.5 Å². The minimum absolute atomic E-state index is 0.0178. The molecule has 4 rings (SSSR count). The maximum absolute atomic E-state index is 14.2. The lowest BCUT2D eigenvalue weighted by Gasteiger charge is -2.47. The molecule has 212 valence electrons. The number of methoxy groups -OCH3 is 2. The van der Waals surface area contributed by atoms with E-state index >= 15 is 0 Å². The molecule has 11 nitrogen and oxygen atoms in total. The van der Waals surface area contributed by atoms with Gasteiger partial charge in [0.1, 0.15) is 6.04 Å². The predicted molar refractivity (Wildman–Crippen MR) is 138 cm³/mol. The molecule has 1 saturated heterocycles. The van der Waals surface area contributed by atoms with Crippen molar-refractivity contribution < 1.29 is 32.6 Å². The molecule has 0 radical (unpaired) electrons. The second kappa shape index (κ2) is 12.4. The molecule has 0 spiro atoms. The largest absolute Gasteiger partial charge is 0.466 e. The minimum atomic E-state index is -1.42. The second-order valence-corrected chi connectivity index (χ2v) is 9.52. The van der Waals surface area contributed by atoms with Gasteiger partial charge in [-0.25, -0.2) is 28.1 Å². The van der Waals surface area contributed by atoms with Gasteiger partial charge in [0.25, 0.3) is 0 Å². The molecule has 1 fully saturated rings.